The van der Waals surface area contributed by atoms with Crippen molar-refractivity contribution in [1.29, 1.82) is 0 Å². The van der Waals surface area contributed by atoms with E-state index in [0.717, 1.165) is 25.2 Å². The first-order chi connectivity index (χ1) is 10.3. The molecule has 0 fully saturated rings. The van der Waals surface area contributed by atoms with Crippen molar-refractivity contribution in [3.05, 3.63) is 47.5 Å². The number of aryl methyl sites for hydroxylation is 2. The van der Waals surface area contributed by atoms with Crippen molar-refractivity contribution in [3.8, 4) is 0 Å². The minimum atomic E-state index is -0.164. The van der Waals surface area contributed by atoms with Crippen molar-refractivity contribution in [2.75, 3.05) is 0 Å². The van der Waals surface area contributed by atoms with Crippen LogP contribution < -0.4 is 10.6 Å². The maximum absolute atomic E-state index is 12.0. The second-order valence-corrected chi connectivity index (χ2v) is 5.15. The van der Waals surface area contributed by atoms with Gasteiger partial charge in [0.2, 0.25) is 0 Å². The van der Waals surface area contributed by atoms with Gasteiger partial charge in [-0.2, -0.15) is 0 Å². The molecule has 1 aliphatic carbocycles. The number of carbonyl (C=O) groups excluding carboxylic acids is 1. The molecule has 1 atom stereocenters. The standard InChI is InChI=1S/C15H19N5O/c1-2-20-10-17-19-14(20)9-16-15(21)18-13-8-7-11-5-3-4-6-12(11)13/h3-6,10,13H,2,7-9H2,1H3,(H2,16,18,21). The zero-order valence-corrected chi connectivity index (χ0v) is 12.0. The van der Waals surface area contributed by atoms with Crippen molar-refractivity contribution < 1.29 is 4.79 Å². The third kappa shape index (κ3) is 2.89. The molecular formula is C15H19N5O. The van der Waals surface area contributed by atoms with E-state index in [9.17, 15) is 4.79 Å². The number of hydrogen-bond donors (Lipinski definition) is 2. The summed E-state index contributed by atoms with van der Waals surface area (Å²) in [6, 6.07) is 8.20. The van der Waals surface area contributed by atoms with Crippen LogP contribution in [0.25, 0.3) is 0 Å². The Morgan fingerprint density at radius 2 is 2.29 bits per heavy atom. The molecule has 0 aliphatic heterocycles. The average molecular weight is 285 g/mol. The van der Waals surface area contributed by atoms with Gasteiger partial charge in [-0.25, -0.2) is 4.79 Å². The van der Waals surface area contributed by atoms with Crippen LogP contribution in [-0.4, -0.2) is 20.8 Å². The fourth-order valence-corrected chi connectivity index (χ4v) is 2.76. The van der Waals surface area contributed by atoms with Crippen molar-refractivity contribution in [1.82, 2.24) is 25.4 Å². The highest BCUT2D eigenvalue weighted by Gasteiger charge is 2.23. The molecule has 1 aromatic heterocycles. The molecule has 0 radical (unpaired) electrons. The van der Waals surface area contributed by atoms with Crippen LogP contribution in [0.5, 0.6) is 0 Å². The highest BCUT2D eigenvalue weighted by atomic mass is 16.2. The monoisotopic (exact) mass is 285 g/mol. The Labute approximate surface area is 123 Å². The molecule has 1 heterocycles. The van der Waals surface area contributed by atoms with Crippen molar-refractivity contribution in [3.63, 3.8) is 0 Å². The molecule has 2 N–H and O–H groups in total. The zero-order valence-electron chi connectivity index (χ0n) is 12.0. The second-order valence-electron chi connectivity index (χ2n) is 5.15. The quantitative estimate of drug-likeness (QED) is 0.899. The van der Waals surface area contributed by atoms with Gasteiger partial charge in [-0.05, 0) is 30.9 Å². The van der Waals surface area contributed by atoms with E-state index in [2.05, 4.69) is 33.0 Å². The fourth-order valence-electron chi connectivity index (χ4n) is 2.76. The summed E-state index contributed by atoms with van der Waals surface area (Å²) in [5.74, 6) is 0.763. The summed E-state index contributed by atoms with van der Waals surface area (Å²) in [7, 11) is 0. The SMILES string of the molecule is CCn1cnnc1CNC(=O)NC1CCc2ccccc21. The van der Waals surface area contributed by atoms with Gasteiger partial charge in [-0.15, -0.1) is 10.2 Å². The topological polar surface area (TPSA) is 71.8 Å². The minimum Gasteiger partial charge on any atom is -0.331 e. The van der Waals surface area contributed by atoms with E-state index >= 15 is 0 Å². The molecule has 1 aliphatic rings. The lowest BCUT2D eigenvalue weighted by molar-refractivity contribution is 0.236. The second kappa shape index (κ2) is 5.95. The zero-order chi connectivity index (χ0) is 14.7. The van der Waals surface area contributed by atoms with E-state index in [0.29, 0.717) is 6.54 Å². The summed E-state index contributed by atoms with van der Waals surface area (Å²) in [4.78, 5) is 12.0. The van der Waals surface area contributed by atoms with Crippen LogP contribution in [0.2, 0.25) is 0 Å². The lowest BCUT2D eigenvalue weighted by Crippen LogP contribution is -2.37. The van der Waals surface area contributed by atoms with E-state index in [1.807, 2.05) is 23.6 Å². The van der Waals surface area contributed by atoms with Crippen LogP contribution in [0.3, 0.4) is 0 Å². The maximum Gasteiger partial charge on any atom is 0.315 e. The summed E-state index contributed by atoms with van der Waals surface area (Å²) in [5, 5.41) is 13.7. The average Bonchev–Trinajstić information content (AvgIpc) is 3.12. The number of nitrogens with one attached hydrogen (secondary N) is 2. The molecule has 0 saturated carbocycles. The van der Waals surface area contributed by atoms with E-state index < -0.39 is 0 Å². The molecule has 0 bridgehead atoms. The van der Waals surface area contributed by atoms with Crippen LogP contribution in [-0.2, 0) is 19.5 Å². The molecule has 1 aromatic carbocycles. The molecule has 2 amide bonds. The normalized spacial score (nSPS) is 16.5. The van der Waals surface area contributed by atoms with E-state index in [1.165, 1.54) is 11.1 Å². The van der Waals surface area contributed by atoms with Gasteiger partial charge in [0, 0.05) is 6.54 Å². The van der Waals surface area contributed by atoms with Crippen LogP contribution in [0.4, 0.5) is 4.79 Å². The lowest BCUT2D eigenvalue weighted by atomic mass is 10.1. The number of hydrogen-bond acceptors (Lipinski definition) is 3. The number of urea groups is 1. The predicted octanol–water partition coefficient (Wildman–Crippen LogP) is 1.78. The lowest BCUT2D eigenvalue weighted by Gasteiger charge is -2.14. The molecule has 6 heteroatoms. The number of amides is 2. The highest BCUT2D eigenvalue weighted by Crippen LogP contribution is 2.30. The van der Waals surface area contributed by atoms with Gasteiger partial charge in [0.15, 0.2) is 5.82 Å². The molecule has 110 valence electrons. The van der Waals surface area contributed by atoms with E-state index in [-0.39, 0.29) is 12.1 Å². The van der Waals surface area contributed by atoms with Gasteiger partial charge >= 0.3 is 6.03 Å². The van der Waals surface area contributed by atoms with E-state index in [1.54, 1.807) is 6.33 Å². The Bertz CT molecular complexity index is 636. The predicted molar refractivity (Wildman–Crippen MR) is 78.6 cm³/mol. The summed E-state index contributed by atoms with van der Waals surface area (Å²) < 4.78 is 1.91. The van der Waals surface area contributed by atoms with Gasteiger partial charge in [-0.3, -0.25) is 0 Å². The number of benzene rings is 1. The summed E-state index contributed by atoms with van der Waals surface area (Å²) in [5.41, 5.74) is 2.55. The first kappa shape index (κ1) is 13.6. The molecular weight excluding hydrogens is 266 g/mol. The van der Waals surface area contributed by atoms with Crippen LogP contribution in [0.1, 0.15) is 36.3 Å². The smallest absolute Gasteiger partial charge is 0.315 e. The molecule has 21 heavy (non-hydrogen) atoms. The van der Waals surface area contributed by atoms with Crippen molar-refractivity contribution in [2.45, 2.75) is 38.9 Å². The number of carbonyl (C=O) groups is 1. The minimum absolute atomic E-state index is 0.102. The molecule has 1 unspecified atom stereocenters. The Hall–Kier alpha value is -2.37. The first-order valence-corrected chi connectivity index (χ1v) is 7.26. The third-order valence-corrected chi connectivity index (χ3v) is 3.88. The van der Waals surface area contributed by atoms with Gasteiger partial charge in [0.25, 0.3) is 0 Å². The number of nitrogens with zero attached hydrogens (tertiary/aromatic N) is 3. The summed E-state index contributed by atoms with van der Waals surface area (Å²) in [6.45, 7) is 3.19. The Kier molecular flexibility index (Phi) is 3.85. The van der Waals surface area contributed by atoms with E-state index in [4.69, 9.17) is 0 Å². The molecule has 0 saturated heterocycles. The van der Waals surface area contributed by atoms with Crippen molar-refractivity contribution in [2.24, 2.45) is 0 Å². The number of aromatic nitrogens is 3. The van der Waals surface area contributed by atoms with Gasteiger partial charge in [0.05, 0.1) is 12.6 Å². The number of fused-ring (bicyclic) bond motifs is 1. The first-order valence-electron chi connectivity index (χ1n) is 7.26. The largest absolute Gasteiger partial charge is 0.331 e. The van der Waals surface area contributed by atoms with Gasteiger partial charge in [-0.1, -0.05) is 24.3 Å². The fraction of sp³-hybridized carbons (Fsp3) is 0.400. The van der Waals surface area contributed by atoms with Crippen molar-refractivity contribution >= 4 is 6.03 Å². The number of rotatable bonds is 4. The van der Waals surface area contributed by atoms with Gasteiger partial charge in [0.1, 0.15) is 6.33 Å². The molecule has 6 nitrogen and oxygen atoms in total. The molecule has 0 spiro atoms. The maximum atomic E-state index is 12.0. The van der Waals surface area contributed by atoms with Gasteiger partial charge < -0.3 is 15.2 Å². The van der Waals surface area contributed by atoms with Crippen LogP contribution in [0.15, 0.2) is 30.6 Å². The van der Waals surface area contributed by atoms with Crippen LogP contribution in [0, 0.1) is 0 Å². The Morgan fingerprint density at radius 1 is 1.43 bits per heavy atom. The molecule has 3 rings (SSSR count). The van der Waals surface area contributed by atoms with Crippen LogP contribution >= 0.6 is 0 Å². The molecule has 2 aromatic rings. The Morgan fingerprint density at radius 3 is 3.14 bits per heavy atom. The highest BCUT2D eigenvalue weighted by molar-refractivity contribution is 5.74. The third-order valence-electron chi connectivity index (χ3n) is 3.88. The summed E-state index contributed by atoms with van der Waals surface area (Å²) in [6.07, 6.45) is 3.64. The summed E-state index contributed by atoms with van der Waals surface area (Å²) >= 11 is 0. The Balaban J connectivity index is 1.56.